The van der Waals surface area contributed by atoms with Gasteiger partial charge >= 0.3 is 12.2 Å². The van der Waals surface area contributed by atoms with Crippen molar-refractivity contribution in [1.82, 2.24) is 30.2 Å². The third kappa shape index (κ3) is 14.2. The second-order valence-electron chi connectivity index (χ2n) is 13.7. The van der Waals surface area contributed by atoms with Crippen molar-refractivity contribution in [2.45, 2.75) is 46.2 Å². The van der Waals surface area contributed by atoms with E-state index in [1.807, 2.05) is 13.8 Å². The van der Waals surface area contributed by atoms with Crippen LogP contribution in [0.3, 0.4) is 0 Å². The summed E-state index contributed by atoms with van der Waals surface area (Å²) in [6.45, 7) is 3.63. The van der Waals surface area contributed by atoms with E-state index >= 15 is 0 Å². The first-order valence-electron chi connectivity index (χ1n) is 19.0. The zero-order valence-electron chi connectivity index (χ0n) is 33.9. The number of ether oxygens (including phenoxy) is 3. The van der Waals surface area contributed by atoms with Crippen LogP contribution in [0.15, 0.2) is 127 Å². The summed E-state index contributed by atoms with van der Waals surface area (Å²) in [5, 5.41) is 36.8. The van der Waals surface area contributed by atoms with Crippen molar-refractivity contribution in [3.8, 4) is 22.8 Å². The molecule has 0 atom stereocenters. The molecule has 20 heteroatoms. The Labute approximate surface area is 359 Å². The van der Waals surface area contributed by atoms with Gasteiger partial charge in [0.05, 0.1) is 16.8 Å². The molecule has 0 saturated heterocycles. The topological polar surface area (TPSA) is 289 Å². The van der Waals surface area contributed by atoms with Crippen LogP contribution in [0.4, 0.5) is 26.8 Å². The van der Waals surface area contributed by atoms with Crippen molar-refractivity contribution in [3.63, 3.8) is 0 Å². The lowest BCUT2D eigenvalue weighted by Gasteiger charge is -2.16. The number of nitrogens with zero attached hydrogens (tertiary/aromatic N) is 5. The van der Waals surface area contributed by atoms with Crippen LogP contribution in [0.2, 0.25) is 0 Å². The fourth-order valence-corrected chi connectivity index (χ4v) is 5.45. The lowest BCUT2D eigenvalue weighted by Crippen LogP contribution is -2.35. The lowest BCUT2D eigenvalue weighted by atomic mass is 10.1. The van der Waals surface area contributed by atoms with E-state index in [4.69, 9.17) is 25.4 Å². The summed E-state index contributed by atoms with van der Waals surface area (Å²) in [5.41, 5.74) is 8.95. The fourth-order valence-electron chi connectivity index (χ4n) is 5.45. The summed E-state index contributed by atoms with van der Waals surface area (Å²) in [5.74, 6) is -0.405. The maximum Gasteiger partial charge on any atom is 0.514 e. The first kappa shape index (κ1) is 45.4. The van der Waals surface area contributed by atoms with Crippen LogP contribution in [-0.2, 0) is 40.6 Å². The number of amides is 2. The number of aromatic nitrogens is 4. The molecule has 3 heterocycles. The van der Waals surface area contributed by atoms with Gasteiger partial charge in [-0.2, -0.15) is 0 Å². The van der Waals surface area contributed by atoms with Gasteiger partial charge in [0.15, 0.2) is 5.82 Å². The molecular formula is C43H42N10O10. The van der Waals surface area contributed by atoms with Crippen molar-refractivity contribution < 1.29 is 38.6 Å². The van der Waals surface area contributed by atoms with E-state index in [1.54, 1.807) is 79.4 Å². The van der Waals surface area contributed by atoms with E-state index < -0.39 is 28.6 Å². The summed E-state index contributed by atoms with van der Waals surface area (Å²) >= 11 is 0. The molecule has 3 aromatic carbocycles. The van der Waals surface area contributed by atoms with Crippen LogP contribution in [0, 0.1) is 15.5 Å². The number of phenols is 1. The monoisotopic (exact) mass is 858 g/mol. The van der Waals surface area contributed by atoms with Crippen molar-refractivity contribution in [3.05, 3.63) is 165 Å². The zero-order valence-corrected chi connectivity index (χ0v) is 33.9. The number of nitrogen functional groups attached to an aromatic ring is 1. The molecule has 3 aromatic heterocycles. The van der Waals surface area contributed by atoms with Crippen LogP contribution in [-0.4, -0.2) is 59.6 Å². The Bertz CT molecular complexity index is 2570. The number of nitro benzene ring substituents is 1. The largest absolute Gasteiger partial charge is 0.514 e. The number of hydrogen-bond donors (Lipinski definition) is 6. The Morgan fingerprint density at radius 3 is 2.13 bits per heavy atom. The SMILES string of the molecule is CC(C)Nc1ncc(-c2cc(N)cc(O)c2)n(CC(=O)NCc2ccc(C(=N)NC(=O)OCc3cccnc3)cc2)c1=O.O=C(OCc1cccnc1)Oc1ccc([N+](=O)[O-])cc1. The first-order valence-corrected chi connectivity index (χ1v) is 19.0. The standard InChI is InChI=1S/C30H32N8O5.C13H10N2O5/c1-18(2)36-28-29(41)38(25(15-35-28)22-10-23(31)12-24(39)11-22)16-26(40)34-14-19-5-7-21(8-6-19)27(32)37-30(42)43-17-20-4-3-9-33-13-20;16-13(19-9-10-2-1-7-14-8-10)20-12-5-3-11(4-6-12)15(17)18/h3-13,15,18,39H,14,16-17,31H2,1-2H3,(H,34,40)(H,35,36)(H2,32,37,42);1-8H,9H2. The molecule has 2 amide bonds. The number of benzene rings is 3. The van der Waals surface area contributed by atoms with Crippen LogP contribution in [0.1, 0.15) is 36.1 Å². The van der Waals surface area contributed by atoms with Gasteiger partial charge < -0.3 is 35.7 Å². The van der Waals surface area contributed by atoms with E-state index in [0.29, 0.717) is 16.8 Å². The Hall–Kier alpha value is -8.68. The Kier molecular flexibility index (Phi) is 15.9. The summed E-state index contributed by atoms with van der Waals surface area (Å²) < 4.78 is 16.1. The third-order valence-electron chi connectivity index (χ3n) is 8.40. The first-order chi connectivity index (χ1) is 30.2. The molecule has 0 aliphatic carbocycles. The Morgan fingerprint density at radius 1 is 0.889 bits per heavy atom. The third-order valence-corrected chi connectivity index (χ3v) is 8.40. The number of pyridine rings is 2. The number of hydrogen-bond acceptors (Lipinski definition) is 16. The number of non-ortho nitro benzene ring substituents is 1. The van der Waals surface area contributed by atoms with Crippen LogP contribution >= 0.6 is 0 Å². The van der Waals surface area contributed by atoms with Gasteiger partial charge in [-0.25, -0.2) is 14.6 Å². The number of phenolic OH excluding ortho intramolecular Hbond substituents is 1. The maximum atomic E-state index is 13.3. The van der Waals surface area contributed by atoms with Crippen molar-refractivity contribution in [1.29, 1.82) is 5.41 Å². The minimum Gasteiger partial charge on any atom is -0.508 e. The Balaban J connectivity index is 0.000000311. The molecule has 324 valence electrons. The quantitative estimate of drug-likeness (QED) is 0.0146. The number of alkyl carbamates (subject to hydrolysis) is 1. The molecule has 20 nitrogen and oxygen atoms in total. The highest BCUT2D eigenvalue weighted by Gasteiger charge is 2.17. The predicted molar refractivity (Wildman–Crippen MR) is 230 cm³/mol. The molecule has 0 aliphatic heterocycles. The minimum atomic E-state index is -0.886. The van der Waals surface area contributed by atoms with E-state index in [2.05, 4.69) is 30.9 Å². The van der Waals surface area contributed by atoms with E-state index in [1.165, 1.54) is 47.2 Å². The van der Waals surface area contributed by atoms with E-state index in [0.717, 1.165) is 16.7 Å². The average Bonchev–Trinajstić information content (AvgIpc) is 3.26. The molecular weight excluding hydrogens is 817 g/mol. The number of carbonyl (C=O) groups is 3. The molecule has 0 saturated carbocycles. The molecule has 0 radical (unpaired) electrons. The fraction of sp³-hybridized carbons (Fsp3) is 0.163. The normalized spacial score (nSPS) is 10.4. The summed E-state index contributed by atoms with van der Waals surface area (Å²) in [6.07, 6.45) is 6.17. The number of nitrogens with one attached hydrogen (secondary N) is 4. The number of carbonyl (C=O) groups excluding carboxylic acids is 3. The van der Waals surface area contributed by atoms with Crippen molar-refractivity contribution in [2.75, 3.05) is 11.1 Å². The molecule has 63 heavy (non-hydrogen) atoms. The summed E-state index contributed by atoms with van der Waals surface area (Å²) in [7, 11) is 0. The van der Waals surface area contributed by atoms with Gasteiger partial charge in [0.25, 0.3) is 11.2 Å². The molecule has 0 bridgehead atoms. The smallest absolute Gasteiger partial charge is 0.508 e. The number of nitro groups is 1. The second kappa shape index (κ2) is 22.1. The molecule has 0 unspecified atom stereocenters. The summed E-state index contributed by atoms with van der Waals surface area (Å²) in [6, 6.07) is 23.1. The molecule has 7 N–H and O–H groups in total. The molecule has 6 rings (SSSR count). The van der Waals surface area contributed by atoms with Crippen LogP contribution in [0.25, 0.3) is 11.3 Å². The number of aromatic hydroxyl groups is 1. The highest BCUT2D eigenvalue weighted by molar-refractivity contribution is 6.04. The minimum absolute atomic E-state index is 0.0239. The summed E-state index contributed by atoms with van der Waals surface area (Å²) in [4.78, 5) is 71.7. The number of anilines is 2. The Morgan fingerprint density at radius 2 is 1.54 bits per heavy atom. The van der Waals surface area contributed by atoms with Crippen molar-refractivity contribution >= 4 is 41.2 Å². The second-order valence-corrected chi connectivity index (χ2v) is 13.7. The van der Waals surface area contributed by atoms with Gasteiger partial charge in [0, 0.05) is 83.5 Å². The van der Waals surface area contributed by atoms with Gasteiger partial charge in [-0.3, -0.25) is 45.0 Å². The highest BCUT2D eigenvalue weighted by Crippen LogP contribution is 2.26. The molecule has 0 spiro atoms. The predicted octanol–water partition coefficient (Wildman–Crippen LogP) is 5.69. The molecule has 6 aromatic rings. The van der Waals surface area contributed by atoms with Gasteiger partial charge in [-0.1, -0.05) is 36.4 Å². The lowest BCUT2D eigenvalue weighted by molar-refractivity contribution is -0.384. The number of nitrogens with two attached hydrogens (primary N) is 1. The zero-order chi connectivity index (χ0) is 45.3. The maximum absolute atomic E-state index is 13.3. The average molecular weight is 859 g/mol. The van der Waals surface area contributed by atoms with Gasteiger partial charge in [-0.15, -0.1) is 0 Å². The van der Waals surface area contributed by atoms with E-state index in [-0.39, 0.29) is 66.9 Å². The highest BCUT2D eigenvalue weighted by atomic mass is 16.7. The number of amidine groups is 1. The van der Waals surface area contributed by atoms with Crippen LogP contribution in [0.5, 0.6) is 11.5 Å². The van der Waals surface area contributed by atoms with E-state index in [9.17, 15) is 34.4 Å². The van der Waals surface area contributed by atoms with Gasteiger partial charge in [0.1, 0.15) is 37.1 Å². The van der Waals surface area contributed by atoms with Gasteiger partial charge in [0.2, 0.25) is 5.91 Å². The molecule has 0 fully saturated rings. The van der Waals surface area contributed by atoms with Crippen molar-refractivity contribution in [2.24, 2.45) is 0 Å². The molecule has 0 aliphatic rings. The van der Waals surface area contributed by atoms with Gasteiger partial charge in [-0.05, 0) is 55.8 Å². The van der Waals surface area contributed by atoms with Crippen LogP contribution < -0.4 is 32.0 Å². The number of rotatable bonds is 14.